The average Bonchev–Trinajstić information content (AvgIpc) is 2.73. The Labute approximate surface area is 160 Å². The molecule has 2 heterocycles. The summed E-state index contributed by atoms with van der Waals surface area (Å²) in [5.41, 5.74) is 3.11. The summed E-state index contributed by atoms with van der Waals surface area (Å²) in [5, 5.41) is 5.81. The molecule has 0 unspecified atom stereocenters. The van der Waals surface area contributed by atoms with Gasteiger partial charge in [-0.3, -0.25) is 14.6 Å². The second-order valence-electron chi connectivity index (χ2n) is 6.73. The summed E-state index contributed by atoms with van der Waals surface area (Å²) >= 11 is 0. The Hall–Kier alpha value is -2.89. The number of nitrogens with one attached hydrogen (secondary N) is 2. The van der Waals surface area contributed by atoms with E-state index < -0.39 is 0 Å². The van der Waals surface area contributed by atoms with Crippen molar-refractivity contribution in [2.45, 2.75) is 39.2 Å². The smallest absolute Gasteiger partial charge is 0.253 e. The molecule has 6 nitrogen and oxygen atoms in total. The third-order valence-corrected chi connectivity index (χ3v) is 4.72. The van der Waals surface area contributed by atoms with Crippen LogP contribution in [0.1, 0.15) is 48.5 Å². The van der Waals surface area contributed by atoms with E-state index in [9.17, 15) is 9.59 Å². The summed E-state index contributed by atoms with van der Waals surface area (Å²) in [7, 11) is 0. The molecule has 0 saturated carbocycles. The predicted molar refractivity (Wildman–Crippen MR) is 107 cm³/mol. The van der Waals surface area contributed by atoms with Gasteiger partial charge in [0.15, 0.2) is 0 Å². The van der Waals surface area contributed by atoms with Gasteiger partial charge in [0.25, 0.3) is 5.91 Å². The van der Waals surface area contributed by atoms with Crippen molar-refractivity contribution in [3.8, 4) is 0 Å². The highest BCUT2D eigenvalue weighted by molar-refractivity contribution is 6.02. The Bertz CT molecular complexity index is 786. The summed E-state index contributed by atoms with van der Waals surface area (Å²) in [5.74, 6) is -0.213. The first kappa shape index (κ1) is 18.9. The Kier molecular flexibility index (Phi) is 6.41. The number of carbonyl (C=O) groups is 2. The molecule has 0 bridgehead atoms. The van der Waals surface area contributed by atoms with Crippen LogP contribution in [0.2, 0.25) is 0 Å². The lowest BCUT2D eigenvalue weighted by Crippen LogP contribution is -2.32. The van der Waals surface area contributed by atoms with Crippen LogP contribution in [-0.4, -0.2) is 29.9 Å². The van der Waals surface area contributed by atoms with E-state index in [0.717, 1.165) is 37.2 Å². The molecular formula is C21H26N4O2. The first-order valence-electron chi connectivity index (χ1n) is 9.53. The van der Waals surface area contributed by atoms with Crippen molar-refractivity contribution in [3.05, 3.63) is 53.9 Å². The number of nitrogens with zero attached hydrogens (tertiary/aromatic N) is 2. The number of piperidine rings is 1. The minimum Gasteiger partial charge on any atom is -0.371 e. The summed E-state index contributed by atoms with van der Waals surface area (Å²) in [6.07, 6.45) is 7.33. The van der Waals surface area contributed by atoms with Gasteiger partial charge in [-0.15, -0.1) is 0 Å². The van der Waals surface area contributed by atoms with E-state index in [1.165, 1.54) is 6.42 Å². The molecule has 1 fully saturated rings. The fraction of sp³-hybridized carbons (Fsp3) is 0.381. The second kappa shape index (κ2) is 9.16. The molecule has 2 amide bonds. The third kappa shape index (κ3) is 5.06. The first-order chi connectivity index (χ1) is 13.2. The monoisotopic (exact) mass is 366 g/mol. The van der Waals surface area contributed by atoms with Crippen LogP contribution in [-0.2, 0) is 11.3 Å². The highest BCUT2D eigenvalue weighted by Gasteiger charge is 2.19. The molecule has 6 heteroatoms. The van der Waals surface area contributed by atoms with Crippen LogP contribution in [0.25, 0.3) is 0 Å². The number of hydrogen-bond acceptors (Lipinski definition) is 4. The highest BCUT2D eigenvalue weighted by atomic mass is 16.2. The lowest BCUT2D eigenvalue weighted by molar-refractivity contribution is -0.115. The molecule has 0 radical (unpaired) electrons. The topological polar surface area (TPSA) is 74.3 Å². The second-order valence-corrected chi connectivity index (χ2v) is 6.73. The number of aromatic nitrogens is 1. The van der Waals surface area contributed by atoms with Gasteiger partial charge < -0.3 is 15.5 Å². The van der Waals surface area contributed by atoms with Gasteiger partial charge in [0, 0.05) is 49.8 Å². The van der Waals surface area contributed by atoms with Gasteiger partial charge in [-0.05, 0) is 49.1 Å². The van der Waals surface area contributed by atoms with E-state index in [2.05, 4.69) is 20.5 Å². The van der Waals surface area contributed by atoms with E-state index in [-0.39, 0.29) is 11.8 Å². The van der Waals surface area contributed by atoms with Gasteiger partial charge in [0.05, 0.1) is 5.56 Å². The molecule has 2 aromatic rings. The fourth-order valence-corrected chi connectivity index (χ4v) is 3.24. The maximum absolute atomic E-state index is 12.9. The SMILES string of the molecule is CCC(=O)Nc1ccc(N2CCCCC2)c(C(=O)NCc2cccnc2)c1. The van der Waals surface area contributed by atoms with Crippen LogP contribution < -0.4 is 15.5 Å². The Morgan fingerprint density at radius 1 is 1.15 bits per heavy atom. The standard InChI is InChI=1S/C21H26N4O2/c1-2-20(26)24-17-8-9-19(25-11-4-3-5-12-25)18(13-17)21(27)23-15-16-7-6-10-22-14-16/h6-10,13-14H,2-5,11-12,15H2,1H3,(H,23,27)(H,24,26). The van der Waals surface area contributed by atoms with E-state index in [1.807, 2.05) is 24.3 Å². The van der Waals surface area contributed by atoms with E-state index in [0.29, 0.717) is 24.2 Å². The summed E-state index contributed by atoms with van der Waals surface area (Å²) < 4.78 is 0. The summed E-state index contributed by atoms with van der Waals surface area (Å²) in [6.45, 7) is 4.11. The molecule has 2 N–H and O–H groups in total. The maximum atomic E-state index is 12.9. The normalized spacial score (nSPS) is 13.9. The Morgan fingerprint density at radius 2 is 1.96 bits per heavy atom. The lowest BCUT2D eigenvalue weighted by Gasteiger charge is -2.30. The van der Waals surface area contributed by atoms with Crippen molar-refractivity contribution in [1.29, 1.82) is 0 Å². The average molecular weight is 366 g/mol. The molecule has 1 saturated heterocycles. The Morgan fingerprint density at radius 3 is 2.67 bits per heavy atom. The summed E-state index contributed by atoms with van der Waals surface area (Å²) in [6, 6.07) is 9.36. The van der Waals surface area contributed by atoms with Crippen molar-refractivity contribution in [1.82, 2.24) is 10.3 Å². The van der Waals surface area contributed by atoms with Crippen LogP contribution in [0.4, 0.5) is 11.4 Å². The van der Waals surface area contributed by atoms with Gasteiger partial charge in [0.1, 0.15) is 0 Å². The van der Waals surface area contributed by atoms with Gasteiger partial charge in [-0.25, -0.2) is 0 Å². The van der Waals surface area contributed by atoms with Gasteiger partial charge in [-0.1, -0.05) is 13.0 Å². The Balaban J connectivity index is 1.82. The lowest BCUT2D eigenvalue weighted by atomic mass is 10.1. The number of hydrogen-bond donors (Lipinski definition) is 2. The zero-order chi connectivity index (χ0) is 19.1. The number of amides is 2. The maximum Gasteiger partial charge on any atom is 0.253 e. The van der Waals surface area contributed by atoms with Crippen LogP contribution in [0.15, 0.2) is 42.7 Å². The predicted octanol–water partition coefficient (Wildman–Crippen LogP) is 3.35. The third-order valence-electron chi connectivity index (χ3n) is 4.72. The van der Waals surface area contributed by atoms with Crippen molar-refractivity contribution in [2.75, 3.05) is 23.3 Å². The molecular weight excluding hydrogens is 340 g/mol. The zero-order valence-electron chi connectivity index (χ0n) is 15.7. The first-order valence-corrected chi connectivity index (χ1v) is 9.53. The number of pyridine rings is 1. The van der Waals surface area contributed by atoms with E-state index in [4.69, 9.17) is 0 Å². The van der Waals surface area contributed by atoms with Crippen LogP contribution >= 0.6 is 0 Å². The zero-order valence-corrected chi connectivity index (χ0v) is 15.7. The molecule has 1 aliphatic rings. The van der Waals surface area contributed by atoms with Crippen molar-refractivity contribution in [3.63, 3.8) is 0 Å². The molecule has 142 valence electrons. The molecule has 1 aromatic carbocycles. The number of carbonyl (C=O) groups excluding carboxylic acids is 2. The van der Waals surface area contributed by atoms with Crippen LogP contribution in [0.5, 0.6) is 0 Å². The minimum absolute atomic E-state index is 0.0672. The molecule has 0 spiro atoms. The quantitative estimate of drug-likeness (QED) is 0.822. The van der Waals surface area contributed by atoms with E-state index >= 15 is 0 Å². The molecule has 0 atom stereocenters. The largest absolute Gasteiger partial charge is 0.371 e. The van der Waals surface area contributed by atoms with Crippen molar-refractivity contribution in [2.24, 2.45) is 0 Å². The van der Waals surface area contributed by atoms with Crippen LogP contribution in [0, 0.1) is 0 Å². The molecule has 1 aliphatic heterocycles. The minimum atomic E-state index is -0.146. The van der Waals surface area contributed by atoms with Gasteiger partial charge in [-0.2, -0.15) is 0 Å². The number of anilines is 2. The number of rotatable bonds is 6. The molecule has 1 aromatic heterocycles. The van der Waals surface area contributed by atoms with Gasteiger partial charge in [0.2, 0.25) is 5.91 Å². The highest BCUT2D eigenvalue weighted by Crippen LogP contribution is 2.27. The van der Waals surface area contributed by atoms with Crippen molar-refractivity contribution < 1.29 is 9.59 Å². The van der Waals surface area contributed by atoms with E-state index in [1.54, 1.807) is 25.4 Å². The fourth-order valence-electron chi connectivity index (χ4n) is 3.24. The molecule has 27 heavy (non-hydrogen) atoms. The molecule has 3 rings (SSSR count). The number of benzene rings is 1. The summed E-state index contributed by atoms with van der Waals surface area (Å²) in [4.78, 5) is 31.0. The molecule has 0 aliphatic carbocycles. The van der Waals surface area contributed by atoms with Gasteiger partial charge >= 0.3 is 0 Å². The van der Waals surface area contributed by atoms with Crippen LogP contribution in [0.3, 0.4) is 0 Å². The van der Waals surface area contributed by atoms with Crippen molar-refractivity contribution >= 4 is 23.2 Å².